The molecule has 0 aliphatic rings. The molecule has 0 fully saturated rings. The first-order valence-corrected chi connectivity index (χ1v) is 8.05. The largest absolute Gasteiger partial charge is 0.494 e. The highest BCUT2D eigenvalue weighted by Gasteiger charge is 2.20. The van der Waals surface area contributed by atoms with Gasteiger partial charge in [-0.05, 0) is 30.3 Å². The molecule has 0 saturated carbocycles. The third kappa shape index (κ3) is 2.16. The molecule has 0 unspecified atom stereocenters. The van der Waals surface area contributed by atoms with Crippen LogP contribution in [0.4, 0.5) is 0 Å². The highest BCUT2D eigenvalue weighted by atomic mass is 32.2. The fraction of sp³-hybridized carbons (Fsp3) is 0. The average molecular weight is 330 g/mol. The summed E-state index contributed by atoms with van der Waals surface area (Å²) in [4.78, 5) is 6.75. The lowest BCUT2D eigenvalue weighted by Gasteiger charge is -1.98. The van der Waals surface area contributed by atoms with Crippen LogP contribution in [-0.2, 0) is 10.1 Å². The van der Waals surface area contributed by atoms with Gasteiger partial charge in [0.1, 0.15) is 11.1 Å². The van der Waals surface area contributed by atoms with Crippen LogP contribution in [0.25, 0.3) is 33.5 Å². The summed E-state index contributed by atoms with van der Waals surface area (Å²) in [6, 6.07) is 11.0. The van der Waals surface area contributed by atoms with Crippen LogP contribution < -0.4 is 0 Å². The first-order valence-electron chi connectivity index (χ1n) is 6.61. The van der Waals surface area contributed by atoms with Crippen molar-refractivity contribution in [3.05, 3.63) is 42.5 Å². The van der Waals surface area contributed by atoms with Crippen molar-refractivity contribution < 1.29 is 22.5 Å². The quantitative estimate of drug-likeness (QED) is 0.487. The van der Waals surface area contributed by atoms with Gasteiger partial charge >= 0.3 is 0 Å². The van der Waals surface area contributed by atoms with Crippen molar-refractivity contribution in [3.63, 3.8) is 0 Å². The molecule has 0 atom stereocenters. The number of benzene rings is 2. The van der Waals surface area contributed by atoms with Crippen LogP contribution >= 0.6 is 0 Å². The van der Waals surface area contributed by atoms with E-state index in [1.807, 2.05) is 0 Å². The Hall–Kier alpha value is -2.84. The van der Waals surface area contributed by atoms with Gasteiger partial charge in [0.25, 0.3) is 10.1 Å². The number of hydrogen-bond acceptors (Lipinski definition) is 5. The lowest BCUT2D eigenvalue weighted by molar-refractivity contribution is 0.457. The normalized spacial score (nSPS) is 12.2. The van der Waals surface area contributed by atoms with Gasteiger partial charge in [-0.15, -0.1) is 0 Å². The van der Waals surface area contributed by atoms with Crippen LogP contribution in [-0.4, -0.2) is 28.0 Å². The predicted molar refractivity (Wildman–Crippen MR) is 82.8 cm³/mol. The van der Waals surface area contributed by atoms with E-state index < -0.39 is 10.1 Å². The molecule has 0 aliphatic heterocycles. The number of para-hydroxylation sites is 2. The van der Waals surface area contributed by atoms with Crippen molar-refractivity contribution >= 4 is 32.1 Å². The molecule has 7 nitrogen and oxygen atoms in total. The van der Waals surface area contributed by atoms with E-state index in [-0.39, 0.29) is 22.2 Å². The molecule has 116 valence electrons. The molecule has 3 N–H and O–H groups in total. The molecule has 2 heterocycles. The molecule has 0 bridgehead atoms. The molecular weight excluding hydrogens is 320 g/mol. The fourth-order valence-electron chi connectivity index (χ4n) is 2.51. The van der Waals surface area contributed by atoms with Crippen LogP contribution in [0.5, 0.6) is 5.88 Å². The molecule has 4 aromatic rings. The molecular formula is C15H10N2O5S. The molecule has 0 radical (unpaired) electrons. The summed E-state index contributed by atoms with van der Waals surface area (Å²) in [5.74, 6) is -0.0403. The molecule has 2 aromatic heterocycles. The second-order valence-electron chi connectivity index (χ2n) is 5.02. The minimum absolute atomic E-state index is 0.155. The number of aromatic amines is 1. The Labute approximate surface area is 129 Å². The maximum Gasteiger partial charge on any atom is 0.294 e. The Bertz CT molecular complexity index is 1120. The molecule has 23 heavy (non-hydrogen) atoms. The van der Waals surface area contributed by atoms with E-state index in [2.05, 4.69) is 9.97 Å². The summed E-state index contributed by atoms with van der Waals surface area (Å²) in [7, 11) is -4.36. The zero-order chi connectivity index (χ0) is 16.2. The van der Waals surface area contributed by atoms with Gasteiger partial charge in [0.05, 0.1) is 4.90 Å². The van der Waals surface area contributed by atoms with E-state index in [4.69, 9.17) is 4.42 Å². The van der Waals surface area contributed by atoms with E-state index >= 15 is 0 Å². The zero-order valence-corrected chi connectivity index (χ0v) is 12.3. The van der Waals surface area contributed by atoms with Crippen LogP contribution in [0.3, 0.4) is 0 Å². The summed E-state index contributed by atoms with van der Waals surface area (Å²) in [5, 5.41) is 10.5. The Morgan fingerprint density at radius 3 is 2.65 bits per heavy atom. The highest BCUT2D eigenvalue weighted by molar-refractivity contribution is 7.85. The van der Waals surface area contributed by atoms with Gasteiger partial charge in [-0.1, -0.05) is 12.1 Å². The number of rotatable bonds is 2. The van der Waals surface area contributed by atoms with Crippen molar-refractivity contribution in [2.45, 2.75) is 4.90 Å². The number of nitrogens with zero attached hydrogens (tertiary/aromatic N) is 1. The Morgan fingerprint density at radius 2 is 1.91 bits per heavy atom. The molecule has 4 rings (SSSR count). The number of nitrogens with one attached hydrogen (secondary N) is 1. The number of H-pyrrole nitrogens is 1. The van der Waals surface area contributed by atoms with Crippen LogP contribution in [0.15, 0.2) is 51.8 Å². The summed E-state index contributed by atoms with van der Waals surface area (Å²) >= 11 is 0. The molecule has 0 aliphatic carbocycles. The number of aromatic nitrogens is 2. The summed E-state index contributed by atoms with van der Waals surface area (Å²) in [5.41, 5.74) is 1.89. The monoisotopic (exact) mass is 330 g/mol. The second-order valence-corrected chi connectivity index (χ2v) is 6.44. The average Bonchev–Trinajstić information content (AvgIpc) is 3.04. The summed E-state index contributed by atoms with van der Waals surface area (Å²) < 4.78 is 37.4. The molecule has 2 aromatic carbocycles. The number of aromatic hydroxyl groups is 1. The Balaban J connectivity index is 2.03. The Morgan fingerprint density at radius 1 is 1.13 bits per heavy atom. The molecule has 0 spiro atoms. The van der Waals surface area contributed by atoms with E-state index in [0.717, 1.165) is 0 Å². The topological polar surface area (TPSA) is 116 Å². The van der Waals surface area contributed by atoms with Gasteiger partial charge in [0.15, 0.2) is 5.58 Å². The summed E-state index contributed by atoms with van der Waals surface area (Å²) in [6.45, 7) is 0. The van der Waals surface area contributed by atoms with Crippen molar-refractivity contribution in [1.29, 1.82) is 0 Å². The molecule has 0 saturated heterocycles. The number of oxazole rings is 1. The smallest absolute Gasteiger partial charge is 0.294 e. The third-order valence-electron chi connectivity index (χ3n) is 3.56. The van der Waals surface area contributed by atoms with Crippen LogP contribution in [0.1, 0.15) is 0 Å². The van der Waals surface area contributed by atoms with E-state index in [0.29, 0.717) is 22.0 Å². The Kier molecular flexibility index (Phi) is 2.75. The van der Waals surface area contributed by atoms with Gasteiger partial charge in [0, 0.05) is 10.9 Å². The summed E-state index contributed by atoms with van der Waals surface area (Å²) in [6.07, 6.45) is 0. The first-order chi connectivity index (χ1) is 10.9. The highest BCUT2D eigenvalue weighted by Crippen LogP contribution is 2.38. The van der Waals surface area contributed by atoms with Gasteiger partial charge in [-0.25, -0.2) is 4.98 Å². The predicted octanol–water partition coefficient (Wildman–Crippen LogP) is 2.93. The molecule has 0 amide bonds. The lowest BCUT2D eigenvalue weighted by atomic mass is 10.1. The van der Waals surface area contributed by atoms with Gasteiger partial charge in [-0.2, -0.15) is 8.42 Å². The van der Waals surface area contributed by atoms with E-state index in [1.165, 1.54) is 18.2 Å². The SMILES string of the molecule is O=S(=O)(O)c1ccc2[nH]c(O)c(-c3nc4ccccc4o3)c2c1. The lowest BCUT2D eigenvalue weighted by Crippen LogP contribution is -1.97. The van der Waals surface area contributed by atoms with E-state index in [9.17, 15) is 18.1 Å². The van der Waals surface area contributed by atoms with Gasteiger partial charge in [0.2, 0.25) is 11.8 Å². The van der Waals surface area contributed by atoms with Crippen LogP contribution in [0, 0.1) is 0 Å². The van der Waals surface area contributed by atoms with Crippen molar-refractivity contribution in [2.75, 3.05) is 0 Å². The van der Waals surface area contributed by atoms with Gasteiger partial charge in [-0.3, -0.25) is 4.55 Å². The minimum atomic E-state index is -4.36. The second kappa shape index (κ2) is 4.58. The van der Waals surface area contributed by atoms with Crippen molar-refractivity contribution in [2.24, 2.45) is 0 Å². The third-order valence-corrected chi connectivity index (χ3v) is 4.41. The standard InChI is InChI=1S/C15H10N2O5S/c18-14-13(15-17-11-3-1-2-4-12(11)22-15)9-7-8(23(19,20)21)5-6-10(9)16-14/h1-7,16,18H,(H,19,20,21). The number of fused-ring (bicyclic) bond motifs is 2. The zero-order valence-electron chi connectivity index (χ0n) is 11.5. The number of hydrogen-bond donors (Lipinski definition) is 3. The minimum Gasteiger partial charge on any atom is -0.494 e. The van der Waals surface area contributed by atoms with Crippen LogP contribution in [0.2, 0.25) is 0 Å². The fourth-order valence-corrected chi connectivity index (χ4v) is 3.02. The maximum absolute atomic E-state index is 11.3. The van der Waals surface area contributed by atoms with Crippen molar-refractivity contribution in [1.82, 2.24) is 9.97 Å². The first kappa shape index (κ1) is 13.8. The van der Waals surface area contributed by atoms with Gasteiger partial charge < -0.3 is 14.5 Å². The maximum atomic E-state index is 11.3. The van der Waals surface area contributed by atoms with E-state index in [1.54, 1.807) is 24.3 Å². The molecule has 8 heteroatoms. The van der Waals surface area contributed by atoms with Crippen molar-refractivity contribution in [3.8, 4) is 17.3 Å².